The molecule has 5 rings (SSSR count). The molecule has 1 amide bonds. The molecular weight excluding hydrogens is 559 g/mol. The monoisotopic (exact) mass is 584 g/mol. The third-order valence-corrected chi connectivity index (χ3v) is 8.30. The molecule has 1 aliphatic carbocycles. The summed E-state index contributed by atoms with van der Waals surface area (Å²) in [6.45, 7) is 3.97. The molecule has 3 aliphatic rings. The molecule has 34 heavy (non-hydrogen) atoms. The van der Waals surface area contributed by atoms with E-state index < -0.39 is 0 Å². The fourth-order valence-electron chi connectivity index (χ4n) is 5.63. The first-order valence-corrected chi connectivity index (χ1v) is 13.1. The molecule has 2 heterocycles. The molecule has 1 saturated heterocycles. The summed E-state index contributed by atoms with van der Waals surface area (Å²) in [4.78, 5) is 13.5. The predicted molar refractivity (Wildman–Crippen MR) is 145 cm³/mol. The van der Waals surface area contributed by atoms with Crippen LogP contribution in [0, 0.1) is 17.8 Å². The molecule has 2 aromatic carbocycles. The zero-order valence-electron chi connectivity index (χ0n) is 18.9. The number of amides is 1. The highest BCUT2D eigenvalue weighted by Gasteiger charge is 2.43. The number of hydrogen-bond donors (Lipinski definition) is 1. The summed E-state index contributed by atoms with van der Waals surface area (Å²) < 4.78 is 1.01. The molecule has 0 bridgehead atoms. The number of halogens is 4. The molecular formula is C25H28BrCl3N4O. The van der Waals surface area contributed by atoms with Gasteiger partial charge in [0.2, 0.25) is 0 Å². The lowest BCUT2D eigenvalue weighted by molar-refractivity contribution is -0.119. The molecule has 0 radical (unpaired) electrons. The van der Waals surface area contributed by atoms with E-state index in [4.69, 9.17) is 28.3 Å². The Morgan fingerprint density at radius 1 is 1.12 bits per heavy atom. The number of carbonyl (C=O) groups is 1. The Balaban J connectivity index is 0.00000274. The molecule has 9 heteroatoms. The van der Waals surface area contributed by atoms with E-state index >= 15 is 0 Å². The minimum absolute atomic E-state index is 0. The highest BCUT2D eigenvalue weighted by Crippen LogP contribution is 2.44. The van der Waals surface area contributed by atoms with Gasteiger partial charge < -0.3 is 0 Å². The van der Waals surface area contributed by atoms with Crippen molar-refractivity contribution in [3.05, 3.63) is 62.5 Å². The van der Waals surface area contributed by atoms with E-state index in [0.717, 1.165) is 35.2 Å². The molecule has 1 N–H and O–H groups in total. The highest BCUT2D eigenvalue weighted by atomic mass is 79.9. The van der Waals surface area contributed by atoms with Gasteiger partial charge in [0.15, 0.2) is 0 Å². The van der Waals surface area contributed by atoms with Crippen LogP contribution in [0.1, 0.15) is 44.2 Å². The van der Waals surface area contributed by atoms with Crippen molar-refractivity contribution in [1.29, 1.82) is 0 Å². The summed E-state index contributed by atoms with van der Waals surface area (Å²) in [5.41, 5.74) is 5.54. The van der Waals surface area contributed by atoms with Gasteiger partial charge in [0.25, 0.3) is 5.91 Å². The first-order valence-electron chi connectivity index (χ1n) is 11.6. The summed E-state index contributed by atoms with van der Waals surface area (Å²) in [6, 6.07) is 13.4. The SMILES string of the molecule is CC[C@H]1C(C(=O)NN2CC3CCCC3C2)=NN(c2ccc(Cl)cc2Cl)[C@H]1c1ccc(Br)cc1.Cl. The van der Waals surface area contributed by atoms with Crippen molar-refractivity contribution in [3.8, 4) is 0 Å². The van der Waals surface area contributed by atoms with Crippen molar-refractivity contribution in [2.45, 2.75) is 38.6 Å². The van der Waals surface area contributed by atoms with Gasteiger partial charge >= 0.3 is 0 Å². The quantitative estimate of drug-likeness (QED) is 0.415. The van der Waals surface area contributed by atoms with Crippen molar-refractivity contribution < 1.29 is 4.79 Å². The largest absolute Gasteiger partial charge is 0.284 e. The Kier molecular flexibility index (Phi) is 8.15. The van der Waals surface area contributed by atoms with E-state index in [2.05, 4.69) is 45.4 Å². The second kappa shape index (κ2) is 10.8. The van der Waals surface area contributed by atoms with Gasteiger partial charge in [-0.25, -0.2) is 5.01 Å². The van der Waals surface area contributed by atoms with Gasteiger partial charge in [0.1, 0.15) is 5.71 Å². The highest BCUT2D eigenvalue weighted by molar-refractivity contribution is 9.10. The van der Waals surface area contributed by atoms with E-state index in [-0.39, 0.29) is 30.3 Å². The number of rotatable bonds is 5. The van der Waals surface area contributed by atoms with Crippen molar-refractivity contribution in [2.24, 2.45) is 22.9 Å². The molecule has 0 aromatic heterocycles. The third kappa shape index (κ3) is 4.98. The molecule has 5 nitrogen and oxygen atoms in total. The van der Waals surface area contributed by atoms with Gasteiger partial charge in [-0.2, -0.15) is 5.10 Å². The normalized spacial score (nSPS) is 26.2. The smallest absolute Gasteiger partial charge is 0.282 e. The first kappa shape index (κ1) is 25.8. The molecule has 2 aliphatic heterocycles. The van der Waals surface area contributed by atoms with E-state index in [9.17, 15) is 4.79 Å². The molecule has 2 aromatic rings. The van der Waals surface area contributed by atoms with Crippen LogP contribution in [0.2, 0.25) is 10.0 Å². The number of carbonyl (C=O) groups excluding carboxylic acids is 1. The van der Waals surface area contributed by atoms with Crippen LogP contribution in [0.15, 0.2) is 52.0 Å². The van der Waals surface area contributed by atoms with Gasteiger partial charge in [0, 0.05) is 28.5 Å². The van der Waals surface area contributed by atoms with Crippen LogP contribution in [0.25, 0.3) is 0 Å². The van der Waals surface area contributed by atoms with Crippen LogP contribution in [0.4, 0.5) is 5.69 Å². The molecule has 2 fully saturated rings. The van der Waals surface area contributed by atoms with E-state index in [1.54, 1.807) is 12.1 Å². The summed E-state index contributed by atoms with van der Waals surface area (Å²) >= 11 is 16.3. The summed E-state index contributed by atoms with van der Waals surface area (Å²) in [7, 11) is 0. The summed E-state index contributed by atoms with van der Waals surface area (Å²) in [6.07, 6.45) is 4.63. The zero-order valence-corrected chi connectivity index (χ0v) is 22.8. The van der Waals surface area contributed by atoms with Crippen LogP contribution in [-0.2, 0) is 4.79 Å². The number of benzene rings is 2. The zero-order chi connectivity index (χ0) is 23.1. The number of hydrogen-bond acceptors (Lipinski definition) is 4. The topological polar surface area (TPSA) is 47.9 Å². The minimum Gasteiger partial charge on any atom is -0.284 e. The van der Waals surface area contributed by atoms with Crippen molar-refractivity contribution in [3.63, 3.8) is 0 Å². The second-order valence-electron chi connectivity index (χ2n) is 9.23. The number of hydrazine groups is 1. The van der Waals surface area contributed by atoms with Crippen LogP contribution in [0.3, 0.4) is 0 Å². The Morgan fingerprint density at radius 2 is 1.79 bits per heavy atom. The van der Waals surface area contributed by atoms with Crippen LogP contribution in [-0.4, -0.2) is 29.7 Å². The van der Waals surface area contributed by atoms with Gasteiger partial charge in [-0.3, -0.25) is 15.2 Å². The van der Waals surface area contributed by atoms with E-state index in [0.29, 0.717) is 27.6 Å². The van der Waals surface area contributed by atoms with Crippen LogP contribution < -0.4 is 10.4 Å². The lowest BCUT2D eigenvalue weighted by Gasteiger charge is -2.29. The summed E-state index contributed by atoms with van der Waals surface area (Å²) in [5, 5.41) is 9.93. The van der Waals surface area contributed by atoms with Crippen LogP contribution >= 0.6 is 51.5 Å². The standard InChI is InChI=1S/C25H27BrCl2N4O.ClH/c1-2-20-23(25(33)30-31-13-16-4-3-5-17(16)14-31)29-32(22-11-10-19(27)12-21(22)28)24(20)15-6-8-18(26)9-7-15;/h6-12,16-17,20,24H,2-5,13-14H2,1H3,(H,30,33);1H/t16?,17?,20-,24-;/m0./s1. The Bertz CT molecular complexity index is 1070. The average Bonchev–Trinajstić information content (AvgIpc) is 3.47. The van der Waals surface area contributed by atoms with Gasteiger partial charge in [-0.05, 0) is 67.0 Å². The van der Waals surface area contributed by atoms with E-state index in [1.807, 2.05) is 23.2 Å². The molecule has 4 atom stereocenters. The number of hydrazone groups is 1. The maximum Gasteiger partial charge on any atom is 0.282 e. The Labute approximate surface area is 225 Å². The number of anilines is 1. The average molecular weight is 587 g/mol. The minimum atomic E-state index is -0.138. The Hall–Kier alpha value is -1.31. The fraction of sp³-hybridized carbons (Fsp3) is 0.440. The second-order valence-corrected chi connectivity index (χ2v) is 11.0. The Morgan fingerprint density at radius 3 is 2.41 bits per heavy atom. The fourth-order valence-corrected chi connectivity index (χ4v) is 6.39. The lowest BCUT2D eigenvalue weighted by Crippen LogP contribution is -2.45. The van der Waals surface area contributed by atoms with Crippen molar-refractivity contribution >= 4 is 68.8 Å². The number of nitrogens with one attached hydrogen (secondary N) is 1. The molecule has 1 saturated carbocycles. The van der Waals surface area contributed by atoms with Gasteiger partial charge in [-0.15, -0.1) is 12.4 Å². The molecule has 0 spiro atoms. The number of nitrogens with zero attached hydrogens (tertiary/aromatic N) is 3. The van der Waals surface area contributed by atoms with Crippen LogP contribution in [0.5, 0.6) is 0 Å². The third-order valence-electron chi connectivity index (χ3n) is 7.24. The van der Waals surface area contributed by atoms with E-state index in [1.165, 1.54) is 19.3 Å². The first-order chi connectivity index (χ1) is 15.9. The predicted octanol–water partition coefficient (Wildman–Crippen LogP) is 6.88. The molecule has 182 valence electrons. The lowest BCUT2D eigenvalue weighted by atomic mass is 9.87. The maximum absolute atomic E-state index is 13.5. The van der Waals surface area contributed by atoms with Crippen molar-refractivity contribution in [2.75, 3.05) is 18.1 Å². The summed E-state index contributed by atoms with van der Waals surface area (Å²) in [5.74, 6) is 1.23. The van der Waals surface area contributed by atoms with Gasteiger partial charge in [0.05, 0.1) is 16.8 Å². The van der Waals surface area contributed by atoms with Crippen molar-refractivity contribution in [1.82, 2.24) is 10.4 Å². The number of fused-ring (bicyclic) bond motifs is 1. The maximum atomic E-state index is 13.5. The molecule has 2 unspecified atom stereocenters. The van der Waals surface area contributed by atoms with Gasteiger partial charge in [-0.1, -0.05) is 64.6 Å².